The molecule has 4 nitrogen and oxygen atoms in total. The second-order valence-corrected chi connectivity index (χ2v) is 5.34. The molecule has 1 aromatic heterocycles. The van der Waals surface area contributed by atoms with Crippen molar-refractivity contribution in [1.29, 1.82) is 0 Å². The molecule has 0 radical (unpaired) electrons. The number of methoxy groups -OCH3 is 1. The zero-order chi connectivity index (χ0) is 14.7. The van der Waals surface area contributed by atoms with E-state index in [9.17, 15) is 4.79 Å². The van der Waals surface area contributed by atoms with Gasteiger partial charge in [-0.1, -0.05) is 0 Å². The van der Waals surface area contributed by atoms with Crippen molar-refractivity contribution in [2.45, 2.75) is 31.7 Å². The average molecular weight is 285 g/mol. The van der Waals surface area contributed by atoms with Crippen LogP contribution in [0.15, 0.2) is 40.8 Å². The van der Waals surface area contributed by atoms with Crippen LogP contribution in [0.25, 0.3) is 11.3 Å². The molecule has 1 aliphatic carbocycles. The van der Waals surface area contributed by atoms with Gasteiger partial charge >= 0.3 is 0 Å². The molecule has 0 bridgehead atoms. The highest BCUT2D eigenvalue weighted by molar-refractivity contribution is 5.76. The Morgan fingerprint density at radius 3 is 2.67 bits per heavy atom. The number of rotatable bonds is 6. The minimum Gasteiger partial charge on any atom is -0.497 e. The molecular weight excluding hydrogens is 266 g/mol. The number of carbonyl (C=O) groups is 1. The third-order valence-electron chi connectivity index (χ3n) is 3.58. The summed E-state index contributed by atoms with van der Waals surface area (Å²) < 4.78 is 10.9. The first-order valence-corrected chi connectivity index (χ1v) is 7.27. The van der Waals surface area contributed by atoms with Gasteiger partial charge in [-0.3, -0.25) is 4.79 Å². The van der Waals surface area contributed by atoms with Gasteiger partial charge in [-0.15, -0.1) is 0 Å². The second-order valence-electron chi connectivity index (χ2n) is 5.34. The van der Waals surface area contributed by atoms with Crippen LogP contribution in [0.1, 0.15) is 25.0 Å². The van der Waals surface area contributed by atoms with Crippen molar-refractivity contribution in [3.8, 4) is 17.1 Å². The Hall–Kier alpha value is -2.23. The zero-order valence-electron chi connectivity index (χ0n) is 12.1. The van der Waals surface area contributed by atoms with Gasteiger partial charge in [0.15, 0.2) is 0 Å². The molecular formula is C17H19NO3. The topological polar surface area (TPSA) is 51.5 Å². The first-order chi connectivity index (χ1) is 10.2. The molecule has 0 saturated heterocycles. The van der Waals surface area contributed by atoms with E-state index >= 15 is 0 Å². The molecule has 1 amide bonds. The number of aryl methyl sites for hydroxylation is 1. The maximum atomic E-state index is 11.6. The maximum Gasteiger partial charge on any atom is 0.220 e. The average Bonchev–Trinajstić information content (AvgIpc) is 3.19. The number of furan rings is 1. The quantitative estimate of drug-likeness (QED) is 0.887. The molecule has 1 aromatic carbocycles. The van der Waals surface area contributed by atoms with Crippen LogP contribution in [-0.2, 0) is 11.2 Å². The molecule has 1 fully saturated rings. The van der Waals surface area contributed by atoms with Crippen LogP contribution in [0.2, 0.25) is 0 Å². The fourth-order valence-electron chi connectivity index (χ4n) is 2.19. The summed E-state index contributed by atoms with van der Waals surface area (Å²) in [6.45, 7) is 0. The van der Waals surface area contributed by atoms with Gasteiger partial charge in [0.05, 0.1) is 7.11 Å². The van der Waals surface area contributed by atoms with Gasteiger partial charge in [0.1, 0.15) is 17.3 Å². The van der Waals surface area contributed by atoms with E-state index in [0.29, 0.717) is 18.9 Å². The lowest BCUT2D eigenvalue weighted by Gasteiger charge is -2.02. The van der Waals surface area contributed by atoms with E-state index in [4.69, 9.17) is 9.15 Å². The molecule has 0 aliphatic heterocycles. The lowest BCUT2D eigenvalue weighted by molar-refractivity contribution is -0.121. The highest BCUT2D eigenvalue weighted by Crippen LogP contribution is 2.25. The molecule has 1 saturated carbocycles. The van der Waals surface area contributed by atoms with Crippen LogP contribution in [-0.4, -0.2) is 19.1 Å². The molecule has 0 atom stereocenters. The molecule has 4 heteroatoms. The molecule has 3 rings (SSSR count). The Kier molecular flexibility index (Phi) is 3.95. The Balaban J connectivity index is 1.58. The summed E-state index contributed by atoms with van der Waals surface area (Å²) in [5.74, 6) is 2.59. The summed E-state index contributed by atoms with van der Waals surface area (Å²) in [6.07, 6.45) is 3.35. The van der Waals surface area contributed by atoms with Gasteiger partial charge in [0.2, 0.25) is 5.91 Å². The largest absolute Gasteiger partial charge is 0.497 e. The third-order valence-corrected chi connectivity index (χ3v) is 3.58. The van der Waals surface area contributed by atoms with Crippen LogP contribution in [0.5, 0.6) is 5.75 Å². The predicted octanol–water partition coefficient (Wildman–Crippen LogP) is 3.17. The van der Waals surface area contributed by atoms with Crippen LogP contribution >= 0.6 is 0 Å². The summed E-state index contributed by atoms with van der Waals surface area (Å²) >= 11 is 0. The Morgan fingerprint density at radius 1 is 1.24 bits per heavy atom. The first kappa shape index (κ1) is 13.7. The molecule has 1 N–H and O–H groups in total. The zero-order valence-corrected chi connectivity index (χ0v) is 12.1. The van der Waals surface area contributed by atoms with Crippen molar-refractivity contribution in [3.63, 3.8) is 0 Å². The molecule has 0 unspecified atom stereocenters. The Labute approximate surface area is 124 Å². The van der Waals surface area contributed by atoms with E-state index in [1.54, 1.807) is 7.11 Å². The fraction of sp³-hybridized carbons (Fsp3) is 0.353. The van der Waals surface area contributed by atoms with Crippen molar-refractivity contribution < 1.29 is 13.9 Å². The van der Waals surface area contributed by atoms with E-state index in [0.717, 1.165) is 35.7 Å². The summed E-state index contributed by atoms with van der Waals surface area (Å²) in [6, 6.07) is 12.0. The lowest BCUT2D eigenvalue weighted by Crippen LogP contribution is -2.25. The SMILES string of the molecule is COc1ccc(-c2ccc(CCC(=O)NC3CC3)o2)cc1. The van der Waals surface area contributed by atoms with E-state index < -0.39 is 0 Å². The molecule has 0 spiro atoms. The van der Waals surface area contributed by atoms with Crippen LogP contribution in [0.4, 0.5) is 0 Å². The smallest absolute Gasteiger partial charge is 0.220 e. The van der Waals surface area contributed by atoms with Gasteiger partial charge < -0.3 is 14.5 Å². The molecule has 2 aromatic rings. The molecule has 110 valence electrons. The van der Waals surface area contributed by atoms with Crippen molar-refractivity contribution in [3.05, 3.63) is 42.2 Å². The van der Waals surface area contributed by atoms with Crippen molar-refractivity contribution in [2.24, 2.45) is 0 Å². The lowest BCUT2D eigenvalue weighted by atomic mass is 10.2. The number of amides is 1. The van der Waals surface area contributed by atoms with Gasteiger partial charge in [-0.2, -0.15) is 0 Å². The predicted molar refractivity (Wildman–Crippen MR) is 80.2 cm³/mol. The molecule has 1 heterocycles. The van der Waals surface area contributed by atoms with Gasteiger partial charge in [0, 0.05) is 24.4 Å². The van der Waals surface area contributed by atoms with E-state index in [-0.39, 0.29) is 5.91 Å². The fourth-order valence-corrected chi connectivity index (χ4v) is 2.19. The Morgan fingerprint density at radius 2 is 2.00 bits per heavy atom. The summed E-state index contributed by atoms with van der Waals surface area (Å²) in [5, 5.41) is 2.98. The first-order valence-electron chi connectivity index (χ1n) is 7.27. The van der Waals surface area contributed by atoms with Gasteiger partial charge in [-0.25, -0.2) is 0 Å². The minimum absolute atomic E-state index is 0.111. The van der Waals surface area contributed by atoms with Crippen molar-refractivity contribution in [1.82, 2.24) is 5.32 Å². The van der Waals surface area contributed by atoms with Crippen LogP contribution < -0.4 is 10.1 Å². The summed E-state index contributed by atoms with van der Waals surface area (Å²) in [7, 11) is 1.65. The second kappa shape index (κ2) is 6.04. The Bertz CT molecular complexity index is 611. The third kappa shape index (κ3) is 3.66. The minimum atomic E-state index is 0.111. The number of ether oxygens (including phenoxy) is 1. The van der Waals surface area contributed by atoms with E-state index in [1.807, 2.05) is 36.4 Å². The van der Waals surface area contributed by atoms with Gasteiger partial charge in [0.25, 0.3) is 0 Å². The van der Waals surface area contributed by atoms with Gasteiger partial charge in [-0.05, 0) is 49.2 Å². The maximum absolute atomic E-state index is 11.6. The monoisotopic (exact) mass is 285 g/mol. The van der Waals surface area contributed by atoms with Crippen molar-refractivity contribution >= 4 is 5.91 Å². The number of nitrogens with one attached hydrogen (secondary N) is 1. The van der Waals surface area contributed by atoms with Crippen molar-refractivity contribution in [2.75, 3.05) is 7.11 Å². The molecule has 1 aliphatic rings. The molecule has 21 heavy (non-hydrogen) atoms. The highest BCUT2D eigenvalue weighted by atomic mass is 16.5. The number of hydrogen-bond donors (Lipinski definition) is 1. The van der Waals surface area contributed by atoms with Crippen LogP contribution in [0, 0.1) is 0 Å². The number of benzene rings is 1. The summed E-state index contributed by atoms with van der Waals surface area (Å²) in [5.41, 5.74) is 1.00. The number of carbonyl (C=O) groups excluding carboxylic acids is 1. The van der Waals surface area contributed by atoms with Crippen LogP contribution in [0.3, 0.4) is 0 Å². The standard InChI is InChI=1S/C17H19NO3/c1-20-14-6-2-12(3-7-14)16-10-8-15(21-16)9-11-17(19)18-13-4-5-13/h2-3,6-8,10,13H,4-5,9,11H2,1H3,(H,18,19). The number of hydrogen-bond acceptors (Lipinski definition) is 3. The normalized spacial score (nSPS) is 14.0. The summed E-state index contributed by atoms with van der Waals surface area (Å²) in [4.78, 5) is 11.6. The van der Waals surface area contributed by atoms with E-state index in [2.05, 4.69) is 5.32 Å². The highest BCUT2D eigenvalue weighted by Gasteiger charge is 2.23. The van der Waals surface area contributed by atoms with E-state index in [1.165, 1.54) is 0 Å².